The highest BCUT2D eigenvalue weighted by Crippen LogP contribution is 2.16. The summed E-state index contributed by atoms with van der Waals surface area (Å²) in [5.41, 5.74) is 3.62. The third-order valence-corrected chi connectivity index (χ3v) is 5.44. The molecule has 0 spiro atoms. The molecule has 1 N–H and O–H groups in total. The van der Waals surface area contributed by atoms with Gasteiger partial charge in [-0.3, -0.25) is 4.79 Å². The van der Waals surface area contributed by atoms with Crippen LogP contribution >= 0.6 is 0 Å². The molecule has 3 aromatic rings. The number of hydrogen-bond acceptors (Lipinski definition) is 4. The molecule has 2 amide bonds. The van der Waals surface area contributed by atoms with E-state index in [9.17, 15) is 9.59 Å². The van der Waals surface area contributed by atoms with E-state index in [1.54, 1.807) is 12.1 Å². The van der Waals surface area contributed by atoms with Crippen LogP contribution in [0.25, 0.3) is 5.69 Å². The zero-order valence-corrected chi connectivity index (χ0v) is 17.9. The van der Waals surface area contributed by atoms with Crippen LogP contribution in [0, 0.1) is 13.8 Å². The zero-order valence-electron chi connectivity index (χ0n) is 17.9. The molecule has 1 aromatic heterocycles. The Morgan fingerprint density at radius 2 is 1.71 bits per heavy atom. The highest BCUT2D eigenvalue weighted by atomic mass is 16.2. The van der Waals surface area contributed by atoms with Crippen molar-refractivity contribution in [1.82, 2.24) is 14.7 Å². The number of carbonyl (C=O) groups excluding carboxylic acids is 1. The van der Waals surface area contributed by atoms with Crippen molar-refractivity contribution in [3.63, 3.8) is 0 Å². The molecule has 0 bridgehead atoms. The van der Waals surface area contributed by atoms with E-state index in [-0.39, 0.29) is 11.6 Å². The number of aromatic nitrogens is 2. The van der Waals surface area contributed by atoms with E-state index in [2.05, 4.69) is 15.3 Å². The van der Waals surface area contributed by atoms with Gasteiger partial charge in [0.15, 0.2) is 0 Å². The average Bonchev–Trinajstić information content (AvgIpc) is 3.01. The quantitative estimate of drug-likeness (QED) is 0.707. The number of benzene rings is 2. The second-order valence-corrected chi connectivity index (χ2v) is 7.90. The van der Waals surface area contributed by atoms with Crippen LogP contribution < -0.4 is 15.8 Å². The van der Waals surface area contributed by atoms with E-state index in [4.69, 9.17) is 0 Å². The molecule has 7 heteroatoms. The van der Waals surface area contributed by atoms with Crippen molar-refractivity contribution >= 4 is 17.5 Å². The number of nitrogens with one attached hydrogen (secondary N) is 1. The minimum absolute atomic E-state index is 0.0926. The Balaban J connectivity index is 1.46. The van der Waals surface area contributed by atoms with Gasteiger partial charge in [-0.1, -0.05) is 29.8 Å². The van der Waals surface area contributed by atoms with Crippen molar-refractivity contribution in [2.24, 2.45) is 0 Å². The fourth-order valence-electron chi connectivity index (χ4n) is 3.72. The lowest BCUT2D eigenvalue weighted by atomic mass is 10.2. The number of urea groups is 1. The van der Waals surface area contributed by atoms with Gasteiger partial charge < -0.3 is 15.1 Å². The first-order valence-corrected chi connectivity index (χ1v) is 10.5. The van der Waals surface area contributed by atoms with Gasteiger partial charge in [0, 0.05) is 37.9 Å². The van der Waals surface area contributed by atoms with Gasteiger partial charge in [-0.25, -0.2) is 4.79 Å². The Labute approximate surface area is 181 Å². The second kappa shape index (κ2) is 9.04. The first kappa shape index (κ1) is 20.7. The fraction of sp³-hybridized carbons (Fsp3) is 0.292. The summed E-state index contributed by atoms with van der Waals surface area (Å²) in [7, 11) is 0. The molecule has 0 saturated carbocycles. The number of anilines is 2. The third kappa shape index (κ3) is 4.94. The first-order valence-electron chi connectivity index (χ1n) is 10.5. The summed E-state index contributed by atoms with van der Waals surface area (Å²) >= 11 is 0. The van der Waals surface area contributed by atoms with Crippen molar-refractivity contribution in [1.29, 1.82) is 0 Å². The van der Waals surface area contributed by atoms with Crippen molar-refractivity contribution in [2.75, 3.05) is 36.4 Å². The monoisotopic (exact) mass is 417 g/mol. The van der Waals surface area contributed by atoms with E-state index >= 15 is 0 Å². The first-order chi connectivity index (χ1) is 15.0. The number of hydrogen-bond donors (Lipinski definition) is 1. The maximum atomic E-state index is 12.7. The Bertz CT molecular complexity index is 1120. The molecule has 31 heavy (non-hydrogen) atoms. The van der Waals surface area contributed by atoms with Crippen molar-refractivity contribution in [2.45, 2.75) is 20.3 Å². The molecule has 1 aliphatic heterocycles. The minimum Gasteiger partial charge on any atom is -0.353 e. The lowest BCUT2D eigenvalue weighted by Gasteiger charge is -2.23. The summed E-state index contributed by atoms with van der Waals surface area (Å²) in [4.78, 5) is 29.0. The normalized spacial score (nSPS) is 14.3. The standard InChI is InChI=1S/C24H27N5O2/c1-18-7-9-21(10-8-18)29-23(30)12-11-22(26-29)27-13-4-14-28(16-15-27)24(31)25-20-6-3-5-19(2)17-20/h3,5-12,17H,4,13-16H2,1-2H3,(H,25,31). The molecule has 2 heterocycles. The largest absolute Gasteiger partial charge is 0.353 e. The van der Waals surface area contributed by atoms with Crippen molar-refractivity contribution in [3.05, 3.63) is 82.1 Å². The second-order valence-electron chi connectivity index (χ2n) is 7.90. The molecule has 0 atom stereocenters. The van der Waals surface area contributed by atoms with Crippen LogP contribution in [0.1, 0.15) is 17.5 Å². The lowest BCUT2D eigenvalue weighted by Crippen LogP contribution is -2.38. The number of amides is 2. The van der Waals surface area contributed by atoms with Gasteiger partial charge in [0.25, 0.3) is 5.56 Å². The Morgan fingerprint density at radius 1 is 0.903 bits per heavy atom. The minimum atomic E-state index is -0.165. The summed E-state index contributed by atoms with van der Waals surface area (Å²) in [6.45, 7) is 6.69. The molecule has 2 aromatic carbocycles. The fourth-order valence-corrected chi connectivity index (χ4v) is 3.72. The number of nitrogens with zero attached hydrogens (tertiary/aromatic N) is 4. The van der Waals surface area contributed by atoms with Gasteiger partial charge >= 0.3 is 6.03 Å². The van der Waals surface area contributed by atoms with Gasteiger partial charge in [-0.05, 0) is 56.2 Å². The molecule has 0 aliphatic carbocycles. The Morgan fingerprint density at radius 3 is 2.48 bits per heavy atom. The molecule has 0 unspecified atom stereocenters. The number of rotatable bonds is 3. The summed E-state index contributed by atoms with van der Waals surface area (Å²) in [6.07, 6.45) is 0.826. The van der Waals surface area contributed by atoms with Crippen LogP contribution in [-0.2, 0) is 0 Å². The van der Waals surface area contributed by atoms with Crippen LogP contribution in [0.4, 0.5) is 16.3 Å². The highest BCUT2D eigenvalue weighted by molar-refractivity contribution is 5.89. The van der Waals surface area contributed by atoms with Crippen molar-refractivity contribution < 1.29 is 4.79 Å². The smallest absolute Gasteiger partial charge is 0.321 e. The van der Waals surface area contributed by atoms with Gasteiger partial charge in [-0.15, -0.1) is 5.10 Å². The van der Waals surface area contributed by atoms with Crippen LogP contribution in [0.15, 0.2) is 65.5 Å². The average molecular weight is 418 g/mol. The van der Waals surface area contributed by atoms with Gasteiger partial charge in [0.05, 0.1) is 5.69 Å². The van der Waals surface area contributed by atoms with Gasteiger partial charge in [0.1, 0.15) is 5.82 Å². The molecular formula is C24H27N5O2. The van der Waals surface area contributed by atoms with Crippen molar-refractivity contribution in [3.8, 4) is 5.69 Å². The lowest BCUT2D eigenvalue weighted by molar-refractivity contribution is 0.215. The van der Waals surface area contributed by atoms with Crippen LogP contribution in [0.2, 0.25) is 0 Å². The predicted molar refractivity (Wildman–Crippen MR) is 123 cm³/mol. The number of carbonyl (C=O) groups is 1. The van der Waals surface area contributed by atoms with Crippen LogP contribution in [0.5, 0.6) is 0 Å². The van der Waals surface area contributed by atoms with Crippen LogP contribution in [-0.4, -0.2) is 46.9 Å². The topological polar surface area (TPSA) is 70.5 Å². The third-order valence-electron chi connectivity index (χ3n) is 5.44. The molecule has 1 aliphatic rings. The molecule has 7 nitrogen and oxygen atoms in total. The highest BCUT2D eigenvalue weighted by Gasteiger charge is 2.20. The SMILES string of the molecule is Cc1ccc(-n2nc(N3CCCN(C(=O)Nc4cccc(C)c4)CC3)ccc2=O)cc1. The molecule has 4 rings (SSSR count). The summed E-state index contributed by atoms with van der Waals surface area (Å²) in [5.74, 6) is 0.737. The summed E-state index contributed by atoms with van der Waals surface area (Å²) in [5, 5.41) is 7.58. The van der Waals surface area contributed by atoms with Gasteiger partial charge in [-0.2, -0.15) is 4.68 Å². The molecule has 1 fully saturated rings. The summed E-state index contributed by atoms with van der Waals surface area (Å²) in [6, 6.07) is 18.7. The molecule has 1 saturated heterocycles. The predicted octanol–water partition coefficient (Wildman–Crippen LogP) is 3.59. The number of aryl methyl sites for hydroxylation is 2. The van der Waals surface area contributed by atoms with E-state index < -0.39 is 0 Å². The van der Waals surface area contributed by atoms with E-state index in [1.165, 1.54) is 4.68 Å². The maximum Gasteiger partial charge on any atom is 0.321 e. The van der Waals surface area contributed by atoms with Gasteiger partial charge in [0.2, 0.25) is 0 Å². The summed E-state index contributed by atoms with van der Waals surface area (Å²) < 4.78 is 1.43. The molecular weight excluding hydrogens is 390 g/mol. The Hall–Kier alpha value is -3.61. The maximum absolute atomic E-state index is 12.7. The van der Waals surface area contributed by atoms with E-state index in [0.29, 0.717) is 19.6 Å². The van der Waals surface area contributed by atoms with Crippen LogP contribution in [0.3, 0.4) is 0 Å². The van der Waals surface area contributed by atoms with E-state index in [1.807, 2.05) is 67.3 Å². The Kier molecular flexibility index (Phi) is 6.02. The van der Waals surface area contributed by atoms with E-state index in [0.717, 1.165) is 41.3 Å². The molecule has 160 valence electrons. The zero-order chi connectivity index (χ0) is 21.8. The molecule has 0 radical (unpaired) electrons.